The predicted molar refractivity (Wildman–Crippen MR) is 102 cm³/mol. The van der Waals surface area contributed by atoms with Crippen molar-refractivity contribution >= 4 is 29.0 Å². The standard InChI is InChI=1S/C18H29N3OS2/c1-13(2)10-20-7-4-14(5-8-20)15-6-9-21(11-15)17(22)16-12-24-18(19-16)23-3/h12-15H,4-11H2,1-3H3/t15-/m0/s1. The van der Waals surface area contributed by atoms with Crippen LogP contribution in [0.2, 0.25) is 0 Å². The second-order valence-corrected chi connectivity index (χ2v) is 9.45. The molecule has 2 aliphatic rings. The van der Waals surface area contributed by atoms with E-state index in [1.54, 1.807) is 23.1 Å². The highest BCUT2D eigenvalue weighted by Gasteiger charge is 2.34. The van der Waals surface area contributed by atoms with E-state index in [2.05, 4.69) is 23.7 Å². The Morgan fingerprint density at radius 3 is 2.62 bits per heavy atom. The second kappa shape index (κ2) is 8.19. The van der Waals surface area contributed by atoms with Crippen LogP contribution in [0, 0.1) is 17.8 Å². The van der Waals surface area contributed by atoms with Crippen LogP contribution in [0.1, 0.15) is 43.6 Å². The Kier molecular flexibility index (Phi) is 6.22. The third-order valence-electron chi connectivity index (χ3n) is 5.31. The molecule has 1 amide bonds. The summed E-state index contributed by atoms with van der Waals surface area (Å²) in [6.07, 6.45) is 5.77. The van der Waals surface area contributed by atoms with Crippen LogP contribution >= 0.6 is 23.1 Å². The molecule has 0 spiro atoms. The maximum absolute atomic E-state index is 12.6. The number of hydrogen-bond acceptors (Lipinski definition) is 5. The zero-order valence-corrected chi connectivity index (χ0v) is 16.7. The van der Waals surface area contributed by atoms with Crippen molar-refractivity contribution in [2.45, 2.75) is 37.4 Å². The van der Waals surface area contributed by atoms with E-state index < -0.39 is 0 Å². The molecule has 24 heavy (non-hydrogen) atoms. The SMILES string of the molecule is CSc1nc(C(=O)N2CC[C@H](C3CCN(CC(C)C)CC3)C2)cs1. The highest BCUT2D eigenvalue weighted by atomic mass is 32.2. The lowest BCUT2D eigenvalue weighted by Gasteiger charge is -2.35. The molecule has 2 fully saturated rings. The summed E-state index contributed by atoms with van der Waals surface area (Å²) in [4.78, 5) is 21.7. The quantitative estimate of drug-likeness (QED) is 0.744. The predicted octanol–water partition coefficient (Wildman–Crippen LogP) is 3.70. The third kappa shape index (κ3) is 4.33. The van der Waals surface area contributed by atoms with Crippen molar-refractivity contribution in [3.8, 4) is 0 Å². The number of nitrogens with zero attached hydrogens (tertiary/aromatic N) is 3. The van der Waals surface area contributed by atoms with E-state index in [-0.39, 0.29) is 5.91 Å². The zero-order chi connectivity index (χ0) is 17.1. The molecule has 0 bridgehead atoms. The van der Waals surface area contributed by atoms with Crippen molar-refractivity contribution in [3.63, 3.8) is 0 Å². The highest BCUT2D eigenvalue weighted by molar-refractivity contribution is 8.00. The van der Waals surface area contributed by atoms with Crippen LogP contribution in [-0.2, 0) is 0 Å². The molecule has 1 atom stereocenters. The first kappa shape index (κ1) is 18.2. The maximum atomic E-state index is 12.6. The lowest BCUT2D eigenvalue weighted by Crippen LogP contribution is -2.39. The number of thioether (sulfide) groups is 1. The van der Waals surface area contributed by atoms with Gasteiger partial charge in [0.05, 0.1) is 0 Å². The van der Waals surface area contributed by atoms with Crippen LogP contribution in [0.3, 0.4) is 0 Å². The molecule has 6 heteroatoms. The molecule has 1 aromatic heterocycles. The molecule has 0 saturated carbocycles. The molecule has 2 saturated heterocycles. The second-order valence-electron chi connectivity index (χ2n) is 7.53. The average Bonchev–Trinajstić information content (AvgIpc) is 3.24. The number of carbonyl (C=O) groups is 1. The first-order valence-electron chi connectivity index (χ1n) is 9.08. The lowest BCUT2D eigenvalue weighted by molar-refractivity contribution is 0.0767. The molecule has 2 aliphatic heterocycles. The van der Waals surface area contributed by atoms with Crippen molar-refractivity contribution in [1.82, 2.24) is 14.8 Å². The average molecular weight is 368 g/mol. The Morgan fingerprint density at radius 2 is 2.00 bits per heavy atom. The van der Waals surface area contributed by atoms with Crippen LogP contribution in [0.25, 0.3) is 0 Å². The maximum Gasteiger partial charge on any atom is 0.273 e. The van der Waals surface area contributed by atoms with Crippen molar-refractivity contribution in [2.75, 3.05) is 39.0 Å². The fraction of sp³-hybridized carbons (Fsp3) is 0.778. The van der Waals surface area contributed by atoms with E-state index in [1.165, 1.54) is 38.9 Å². The summed E-state index contributed by atoms with van der Waals surface area (Å²) < 4.78 is 0.978. The molecule has 0 aromatic carbocycles. The number of rotatable bonds is 5. The Balaban J connectivity index is 1.50. The van der Waals surface area contributed by atoms with Gasteiger partial charge in [0.2, 0.25) is 0 Å². The number of thiazole rings is 1. The van der Waals surface area contributed by atoms with Crippen LogP contribution in [0.4, 0.5) is 0 Å². The fourth-order valence-corrected chi connectivity index (χ4v) is 5.33. The third-order valence-corrected chi connectivity index (χ3v) is 7.17. The summed E-state index contributed by atoms with van der Waals surface area (Å²) in [6.45, 7) is 10.1. The first-order chi connectivity index (χ1) is 11.6. The minimum Gasteiger partial charge on any atom is -0.337 e. The van der Waals surface area contributed by atoms with Gasteiger partial charge in [-0.3, -0.25) is 4.79 Å². The first-order valence-corrected chi connectivity index (χ1v) is 11.2. The van der Waals surface area contributed by atoms with Crippen molar-refractivity contribution in [3.05, 3.63) is 11.1 Å². The summed E-state index contributed by atoms with van der Waals surface area (Å²) in [5.74, 6) is 2.37. The molecule has 4 nitrogen and oxygen atoms in total. The van der Waals surface area contributed by atoms with E-state index in [4.69, 9.17) is 0 Å². The normalized spacial score (nSPS) is 23.3. The molecule has 0 aliphatic carbocycles. The molecule has 3 rings (SSSR count). The number of aromatic nitrogens is 1. The van der Waals surface area contributed by atoms with Gasteiger partial charge in [-0.15, -0.1) is 11.3 Å². The monoisotopic (exact) mass is 367 g/mol. The molecule has 134 valence electrons. The number of carbonyl (C=O) groups excluding carboxylic acids is 1. The minimum absolute atomic E-state index is 0.131. The van der Waals surface area contributed by atoms with Crippen LogP contribution < -0.4 is 0 Å². The smallest absolute Gasteiger partial charge is 0.273 e. The largest absolute Gasteiger partial charge is 0.337 e. The van der Waals surface area contributed by atoms with Gasteiger partial charge < -0.3 is 9.80 Å². The van der Waals surface area contributed by atoms with Crippen molar-refractivity contribution in [1.29, 1.82) is 0 Å². The van der Waals surface area contributed by atoms with Crippen molar-refractivity contribution in [2.24, 2.45) is 17.8 Å². The number of piperidine rings is 1. The lowest BCUT2D eigenvalue weighted by atomic mass is 9.83. The van der Waals surface area contributed by atoms with E-state index in [1.807, 2.05) is 16.5 Å². The molecule has 3 heterocycles. The zero-order valence-electron chi connectivity index (χ0n) is 15.0. The number of likely N-dealkylation sites (tertiary alicyclic amines) is 2. The molecule has 0 unspecified atom stereocenters. The summed E-state index contributed by atoms with van der Waals surface area (Å²) in [5.41, 5.74) is 0.636. The summed E-state index contributed by atoms with van der Waals surface area (Å²) in [5, 5.41) is 1.91. The molecule has 1 aromatic rings. The molecular weight excluding hydrogens is 338 g/mol. The molecule has 0 radical (unpaired) electrons. The molecular formula is C18H29N3OS2. The number of amides is 1. The highest BCUT2D eigenvalue weighted by Crippen LogP contribution is 2.33. The van der Waals surface area contributed by atoms with Gasteiger partial charge >= 0.3 is 0 Å². The topological polar surface area (TPSA) is 36.4 Å². The van der Waals surface area contributed by atoms with Crippen LogP contribution in [0.15, 0.2) is 9.72 Å². The van der Waals surface area contributed by atoms with E-state index >= 15 is 0 Å². The van der Waals surface area contributed by atoms with Gasteiger partial charge in [-0.2, -0.15) is 0 Å². The van der Waals surface area contributed by atoms with Crippen LogP contribution in [-0.4, -0.2) is 59.7 Å². The summed E-state index contributed by atoms with van der Waals surface area (Å²) in [7, 11) is 0. The van der Waals surface area contributed by atoms with Gasteiger partial charge in [0.15, 0.2) is 0 Å². The number of hydrogen-bond donors (Lipinski definition) is 0. The van der Waals surface area contributed by atoms with Crippen LogP contribution in [0.5, 0.6) is 0 Å². The van der Waals surface area contributed by atoms with Gasteiger partial charge in [-0.05, 0) is 56.4 Å². The van der Waals surface area contributed by atoms with Gasteiger partial charge in [-0.1, -0.05) is 25.6 Å². The van der Waals surface area contributed by atoms with E-state index in [9.17, 15) is 4.79 Å². The Labute approximate surface area is 154 Å². The Morgan fingerprint density at radius 1 is 1.29 bits per heavy atom. The van der Waals surface area contributed by atoms with Gasteiger partial charge in [-0.25, -0.2) is 4.98 Å². The van der Waals surface area contributed by atoms with Gasteiger partial charge in [0, 0.05) is 25.0 Å². The van der Waals surface area contributed by atoms with Crippen molar-refractivity contribution < 1.29 is 4.79 Å². The Bertz CT molecular complexity index is 552. The van der Waals surface area contributed by atoms with Gasteiger partial charge in [0.25, 0.3) is 5.91 Å². The minimum atomic E-state index is 0.131. The summed E-state index contributed by atoms with van der Waals surface area (Å²) >= 11 is 3.18. The fourth-order valence-electron chi connectivity index (χ4n) is 4.09. The molecule has 0 N–H and O–H groups in total. The Hall–Kier alpha value is -0.590. The van der Waals surface area contributed by atoms with Gasteiger partial charge in [0.1, 0.15) is 10.0 Å². The summed E-state index contributed by atoms with van der Waals surface area (Å²) in [6, 6.07) is 0. The van der Waals surface area contributed by atoms with E-state index in [0.717, 1.165) is 29.3 Å². The van der Waals surface area contributed by atoms with E-state index in [0.29, 0.717) is 11.6 Å².